The molecule has 0 saturated carbocycles. The Kier molecular flexibility index (Phi) is 5.18. The lowest BCUT2D eigenvalue weighted by Crippen LogP contribution is -2.28. The van der Waals surface area contributed by atoms with Gasteiger partial charge in [0.05, 0.1) is 18.3 Å². The highest BCUT2D eigenvalue weighted by Crippen LogP contribution is 2.27. The molecular formula is C10H15ClN2O2S. The number of aromatic nitrogens is 1. The summed E-state index contributed by atoms with van der Waals surface area (Å²) < 4.78 is 4.65. The van der Waals surface area contributed by atoms with Gasteiger partial charge in [-0.05, 0) is 19.4 Å². The van der Waals surface area contributed by atoms with Crippen LogP contribution in [0.3, 0.4) is 0 Å². The van der Waals surface area contributed by atoms with E-state index in [9.17, 15) is 4.79 Å². The minimum absolute atomic E-state index is 0. The van der Waals surface area contributed by atoms with E-state index in [4.69, 9.17) is 0 Å². The van der Waals surface area contributed by atoms with Gasteiger partial charge >= 0.3 is 5.97 Å². The summed E-state index contributed by atoms with van der Waals surface area (Å²) in [4.78, 5) is 16.1. The fourth-order valence-electron chi connectivity index (χ4n) is 1.73. The lowest BCUT2D eigenvalue weighted by Gasteiger charge is -2.20. The molecule has 0 bridgehead atoms. The van der Waals surface area contributed by atoms with E-state index >= 15 is 0 Å². The minimum Gasteiger partial charge on any atom is -0.465 e. The Labute approximate surface area is 105 Å². The second-order valence-corrected chi connectivity index (χ2v) is 4.66. The number of nitrogens with zero attached hydrogens (tertiary/aromatic N) is 1. The SMILES string of the molecule is COC(=O)c1cnc(C2CCCNC2)s1.Cl. The van der Waals surface area contributed by atoms with E-state index in [1.54, 1.807) is 6.20 Å². The summed E-state index contributed by atoms with van der Waals surface area (Å²) in [6, 6.07) is 0. The second kappa shape index (κ2) is 6.18. The fraction of sp³-hybridized carbons (Fsp3) is 0.600. The van der Waals surface area contributed by atoms with Crippen LogP contribution in [0.4, 0.5) is 0 Å². The predicted molar refractivity (Wildman–Crippen MR) is 65.5 cm³/mol. The van der Waals surface area contributed by atoms with E-state index in [1.807, 2.05) is 0 Å². The molecule has 1 saturated heterocycles. The highest BCUT2D eigenvalue weighted by molar-refractivity contribution is 7.13. The molecule has 1 aromatic rings. The van der Waals surface area contributed by atoms with Gasteiger partial charge in [0.25, 0.3) is 0 Å². The van der Waals surface area contributed by atoms with Crippen molar-refractivity contribution in [3.63, 3.8) is 0 Å². The fourth-order valence-corrected chi connectivity index (χ4v) is 2.70. The maximum Gasteiger partial charge on any atom is 0.349 e. The van der Waals surface area contributed by atoms with E-state index in [2.05, 4.69) is 15.0 Å². The van der Waals surface area contributed by atoms with Gasteiger partial charge in [0.2, 0.25) is 0 Å². The molecule has 1 aliphatic rings. The van der Waals surface area contributed by atoms with Crippen molar-refractivity contribution in [3.8, 4) is 0 Å². The molecule has 16 heavy (non-hydrogen) atoms. The van der Waals surface area contributed by atoms with Gasteiger partial charge in [-0.25, -0.2) is 9.78 Å². The van der Waals surface area contributed by atoms with Crippen LogP contribution >= 0.6 is 23.7 Å². The number of esters is 1. The summed E-state index contributed by atoms with van der Waals surface area (Å²) in [5.41, 5.74) is 0. The molecule has 1 atom stereocenters. The van der Waals surface area contributed by atoms with Crippen molar-refractivity contribution in [2.75, 3.05) is 20.2 Å². The Bertz CT molecular complexity index is 350. The van der Waals surface area contributed by atoms with Gasteiger partial charge in [0, 0.05) is 12.5 Å². The van der Waals surface area contributed by atoms with Crippen molar-refractivity contribution in [2.45, 2.75) is 18.8 Å². The molecule has 90 valence electrons. The van der Waals surface area contributed by atoms with Gasteiger partial charge in [-0.2, -0.15) is 0 Å². The van der Waals surface area contributed by atoms with E-state index in [1.165, 1.54) is 24.9 Å². The standard InChI is InChI=1S/C10H14N2O2S.ClH/c1-14-10(13)8-6-12-9(15-8)7-3-2-4-11-5-7;/h6-7,11H,2-5H2,1H3;1H. The van der Waals surface area contributed by atoms with E-state index in [-0.39, 0.29) is 18.4 Å². The Hall–Kier alpha value is -0.650. The van der Waals surface area contributed by atoms with Crippen LogP contribution in [0.2, 0.25) is 0 Å². The number of piperidine rings is 1. The lowest BCUT2D eigenvalue weighted by molar-refractivity contribution is 0.0606. The maximum absolute atomic E-state index is 11.2. The average Bonchev–Trinajstić information content (AvgIpc) is 2.78. The van der Waals surface area contributed by atoms with Crippen LogP contribution in [0, 0.1) is 0 Å². The van der Waals surface area contributed by atoms with Crippen molar-refractivity contribution >= 4 is 29.7 Å². The lowest BCUT2D eigenvalue weighted by atomic mass is 10.0. The Morgan fingerprint density at radius 2 is 2.50 bits per heavy atom. The van der Waals surface area contributed by atoms with Crippen LogP contribution in [0.15, 0.2) is 6.20 Å². The summed E-state index contributed by atoms with van der Waals surface area (Å²) in [7, 11) is 1.39. The van der Waals surface area contributed by atoms with E-state index in [0.717, 1.165) is 24.5 Å². The number of rotatable bonds is 2. The number of nitrogens with one attached hydrogen (secondary N) is 1. The largest absolute Gasteiger partial charge is 0.465 e. The highest BCUT2D eigenvalue weighted by atomic mass is 35.5. The third-order valence-electron chi connectivity index (χ3n) is 2.56. The van der Waals surface area contributed by atoms with Crippen LogP contribution in [-0.4, -0.2) is 31.2 Å². The number of thiazole rings is 1. The molecule has 0 aromatic carbocycles. The molecule has 2 heterocycles. The predicted octanol–water partition coefficient (Wildman–Crippen LogP) is 1.82. The van der Waals surface area contributed by atoms with Crippen molar-refractivity contribution in [2.24, 2.45) is 0 Å². The summed E-state index contributed by atoms with van der Waals surface area (Å²) in [6.45, 7) is 2.06. The maximum atomic E-state index is 11.2. The molecule has 1 unspecified atom stereocenters. The first-order valence-electron chi connectivity index (χ1n) is 5.06. The minimum atomic E-state index is -0.289. The zero-order valence-corrected chi connectivity index (χ0v) is 10.7. The first-order valence-corrected chi connectivity index (χ1v) is 5.87. The van der Waals surface area contributed by atoms with Crippen molar-refractivity contribution < 1.29 is 9.53 Å². The smallest absolute Gasteiger partial charge is 0.349 e. The molecule has 0 spiro atoms. The van der Waals surface area contributed by atoms with Crippen LogP contribution in [-0.2, 0) is 4.74 Å². The summed E-state index contributed by atoms with van der Waals surface area (Å²) >= 11 is 1.45. The van der Waals surface area contributed by atoms with Gasteiger partial charge in [0.15, 0.2) is 0 Å². The molecule has 0 amide bonds. The first kappa shape index (κ1) is 13.4. The first-order chi connectivity index (χ1) is 7.31. The summed E-state index contributed by atoms with van der Waals surface area (Å²) in [6.07, 6.45) is 3.94. The van der Waals surface area contributed by atoms with Crippen LogP contribution < -0.4 is 5.32 Å². The summed E-state index contributed by atoms with van der Waals surface area (Å²) in [5.74, 6) is 0.171. The van der Waals surface area contributed by atoms with Crippen molar-refractivity contribution in [3.05, 3.63) is 16.1 Å². The monoisotopic (exact) mass is 262 g/mol. The molecule has 0 aliphatic carbocycles. The number of carbonyl (C=O) groups is 1. The number of carbonyl (C=O) groups excluding carboxylic acids is 1. The third kappa shape index (κ3) is 2.93. The van der Waals surface area contributed by atoms with E-state index in [0.29, 0.717) is 10.8 Å². The Balaban J connectivity index is 0.00000128. The van der Waals surface area contributed by atoms with Crippen molar-refractivity contribution in [1.29, 1.82) is 0 Å². The Morgan fingerprint density at radius 1 is 1.69 bits per heavy atom. The number of hydrogen-bond acceptors (Lipinski definition) is 5. The number of ether oxygens (including phenoxy) is 1. The second-order valence-electron chi connectivity index (χ2n) is 3.60. The highest BCUT2D eigenvalue weighted by Gasteiger charge is 2.20. The average molecular weight is 263 g/mol. The molecule has 6 heteroatoms. The van der Waals surface area contributed by atoms with Gasteiger partial charge in [-0.3, -0.25) is 0 Å². The molecular weight excluding hydrogens is 248 g/mol. The molecule has 1 fully saturated rings. The van der Waals surface area contributed by atoms with Crippen LogP contribution in [0.25, 0.3) is 0 Å². The topological polar surface area (TPSA) is 51.2 Å². The summed E-state index contributed by atoms with van der Waals surface area (Å²) in [5, 5.41) is 4.38. The molecule has 0 radical (unpaired) electrons. The number of hydrogen-bond donors (Lipinski definition) is 1. The van der Waals surface area contributed by atoms with Gasteiger partial charge in [0.1, 0.15) is 4.88 Å². The quantitative estimate of drug-likeness (QED) is 0.826. The normalized spacial score (nSPS) is 19.9. The zero-order valence-electron chi connectivity index (χ0n) is 9.06. The van der Waals surface area contributed by atoms with Gasteiger partial charge < -0.3 is 10.1 Å². The van der Waals surface area contributed by atoms with Gasteiger partial charge in [-0.1, -0.05) is 0 Å². The molecule has 4 nitrogen and oxygen atoms in total. The van der Waals surface area contributed by atoms with Crippen LogP contribution in [0.1, 0.15) is 33.4 Å². The molecule has 2 rings (SSSR count). The van der Waals surface area contributed by atoms with Gasteiger partial charge in [-0.15, -0.1) is 23.7 Å². The third-order valence-corrected chi connectivity index (χ3v) is 3.70. The molecule has 1 aliphatic heterocycles. The Morgan fingerprint density at radius 3 is 3.12 bits per heavy atom. The number of halogens is 1. The molecule has 1 aromatic heterocycles. The van der Waals surface area contributed by atoms with Crippen LogP contribution in [0.5, 0.6) is 0 Å². The zero-order chi connectivity index (χ0) is 10.7. The number of methoxy groups -OCH3 is 1. The molecule has 1 N–H and O–H groups in total. The van der Waals surface area contributed by atoms with Crippen molar-refractivity contribution in [1.82, 2.24) is 10.3 Å². The van der Waals surface area contributed by atoms with E-state index < -0.39 is 0 Å².